The summed E-state index contributed by atoms with van der Waals surface area (Å²) < 4.78 is 77.5. The molecule has 9 heteroatoms. The monoisotopic (exact) mass is 335 g/mol. The van der Waals surface area contributed by atoms with Crippen LogP contribution in [0.15, 0.2) is 33.6 Å². The van der Waals surface area contributed by atoms with Crippen LogP contribution in [0.5, 0.6) is 0 Å². The molecular weight excluding hydrogens is 321 g/mol. The van der Waals surface area contributed by atoms with Gasteiger partial charge in [-0.1, -0.05) is 31.6 Å². The summed E-state index contributed by atoms with van der Waals surface area (Å²) in [4.78, 5) is -1.99. The summed E-state index contributed by atoms with van der Waals surface area (Å²) in [6.07, 6.45) is 0.897. The van der Waals surface area contributed by atoms with Crippen LogP contribution < -0.4 is 0 Å². The first-order valence-corrected chi connectivity index (χ1v) is 8.46. The maximum atomic E-state index is 12.6. The van der Waals surface area contributed by atoms with Gasteiger partial charge in [-0.25, -0.2) is 4.21 Å². The minimum atomic E-state index is -9.70. The van der Waals surface area contributed by atoms with Crippen molar-refractivity contribution in [1.29, 1.82) is 0 Å². The molecule has 0 N–H and O–H groups in total. The lowest BCUT2D eigenvalue weighted by atomic mass is 10.2. The van der Waals surface area contributed by atoms with Crippen molar-refractivity contribution in [1.82, 2.24) is 0 Å². The molecule has 0 bridgehead atoms. The minimum Gasteiger partial charge on any atom is -0.234 e. The van der Waals surface area contributed by atoms with Crippen molar-refractivity contribution in [3.63, 3.8) is 0 Å². The Kier molecular flexibility index (Phi) is 3.65. The Bertz CT molecular complexity index is 574. The Labute approximate surface area is 116 Å². The van der Waals surface area contributed by atoms with Gasteiger partial charge >= 0.3 is 10.2 Å². The maximum Gasteiger partial charge on any atom is 0.310 e. The molecule has 0 unspecified atom stereocenters. The highest BCUT2D eigenvalue weighted by Crippen LogP contribution is 3.02. The zero-order valence-electron chi connectivity index (χ0n) is 10.9. The highest BCUT2D eigenvalue weighted by Gasteiger charge is 2.65. The molecule has 1 aromatic rings. The number of benzene rings is 1. The summed E-state index contributed by atoms with van der Waals surface area (Å²) in [7, 11) is -11.4. The van der Waals surface area contributed by atoms with Gasteiger partial charge in [0.2, 0.25) is 0 Å². The van der Waals surface area contributed by atoms with Gasteiger partial charge < -0.3 is 0 Å². The first-order chi connectivity index (χ1) is 8.59. The van der Waals surface area contributed by atoms with E-state index < -0.39 is 30.9 Å². The van der Waals surface area contributed by atoms with Gasteiger partial charge in [-0.05, 0) is 38.5 Å². The first-order valence-electron chi connectivity index (χ1n) is 5.40. The summed E-state index contributed by atoms with van der Waals surface area (Å²) >= 11 is 0. The second-order valence-electron chi connectivity index (χ2n) is 5.14. The molecule has 0 amide bonds. The molecule has 0 aliphatic carbocycles. The predicted molar refractivity (Wildman–Crippen MR) is 73.3 cm³/mol. The topological polar surface area (TPSA) is 29.4 Å². The Morgan fingerprint density at radius 2 is 1.70 bits per heavy atom. The zero-order valence-corrected chi connectivity index (χ0v) is 12.6. The van der Waals surface area contributed by atoms with Crippen LogP contribution in [0.4, 0.5) is 19.4 Å². The number of rotatable bonds is 3. The van der Waals surface area contributed by atoms with E-state index >= 15 is 0 Å². The van der Waals surface area contributed by atoms with Gasteiger partial charge in [-0.15, -0.1) is 0 Å². The van der Waals surface area contributed by atoms with E-state index in [1.165, 1.54) is 6.07 Å². The van der Waals surface area contributed by atoms with Crippen LogP contribution in [0, 0.1) is 0 Å². The van der Waals surface area contributed by atoms with E-state index in [2.05, 4.69) is 4.40 Å². The molecular formula is C11H14F5NOS2. The lowest BCUT2D eigenvalue weighted by Crippen LogP contribution is -2.19. The number of hydrogen-bond acceptors (Lipinski definition) is 1. The van der Waals surface area contributed by atoms with Crippen LogP contribution in [0.1, 0.15) is 26.3 Å². The molecule has 1 atom stereocenters. The van der Waals surface area contributed by atoms with Gasteiger partial charge in [0, 0.05) is 6.21 Å². The summed E-state index contributed by atoms with van der Waals surface area (Å²) in [6, 6.07) is 2.63. The molecule has 0 aliphatic heterocycles. The normalized spacial score (nSPS) is 18.6. The van der Waals surface area contributed by atoms with Crippen molar-refractivity contribution in [3.8, 4) is 0 Å². The summed E-state index contributed by atoms with van der Waals surface area (Å²) in [5.74, 6) is 0. The fraction of sp³-hybridized carbons (Fsp3) is 0.364. The van der Waals surface area contributed by atoms with E-state index in [9.17, 15) is 23.6 Å². The average Bonchev–Trinajstić information content (AvgIpc) is 2.22. The second-order valence-corrected chi connectivity index (χ2v) is 9.48. The van der Waals surface area contributed by atoms with E-state index in [0.717, 1.165) is 12.3 Å². The summed E-state index contributed by atoms with van der Waals surface area (Å²) in [5.41, 5.74) is -0.187. The van der Waals surface area contributed by atoms with Crippen molar-refractivity contribution < 1.29 is 23.6 Å². The molecule has 0 aromatic heterocycles. The van der Waals surface area contributed by atoms with Crippen molar-refractivity contribution in [3.05, 3.63) is 29.8 Å². The zero-order chi connectivity index (χ0) is 15.9. The van der Waals surface area contributed by atoms with E-state index in [1.54, 1.807) is 20.8 Å². The molecule has 0 saturated carbocycles. The van der Waals surface area contributed by atoms with Gasteiger partial charge in [0.25, 0.3) is 0 Å². The van der Waals surface area contributed by atoms with E-state index in [0.29, 0.717) is 12.1 Å². The van der Waals surface area contributed by atoms with Gasteiger partial charge in [0.1, 0.15) is 15.9 Å². The van der Waals surface area contributed by atoms with Crippen molar-refractivity contribution in [2.75, 3.05) is 0 Å². The fourth-order valence-corrected chi connectivity index (χ4v) is 2.33. The first kappa shape index (κ1) is 17.1. The summed E-state index contributed by atoms with van der Waals surface area (Å²) in [5, 5.41) is 0. The Morgan fingerprint density at radius 1 is 1.15 bits per heavy atom. The molecule has 0 fully saturated rings. The van der Waals surface area contributed by atoms with Crippen LogP contribution >= 0.6 is 10.2 Å². The molecule has 0 heterocycles. The number of hydrogen-bond donors (Lipinski definition) is 0. The maximum absolute atomic E-state index is 12.6. The highest BCUT2D eigenvalue weighted by atomic mass is 32.5. The number of nitrogens with zero attached hydrogens (tertiary/aromatic N) is 1. The molecule has 0 saturated heterocycles. The van der Waals surface area contributed by atoms with Gasteiger partial charge in [-0.3, -0.25) is 0 Å². The van der Waals surface area contributed by atoms with Crippen LogP contribution in [0.3, 0.4) is 0 Å². The van der Waals surface area contributed by atoms with E-state index in [4.69, 9.17) is 0 Å². The van der Waals surface area contributed by atoms with Crippen LogP contribution in [-0.2, 0) is 11.0 Å². The average molecular weight is 335 g/mol. The van der Waals surface area contributed by atoms with Crippen LogP contribution in [0.2, 0.25) is 0 Å². The van der Waals surface area contributed by atoms with E-state index in [1.807, 2.05) is 0 Å². The smallest absolute Gasteiger partial charge is 0.234 e. The van der Waals surface area contributed by atoms with Gasteiger partial charge in [0.05, 0.1) is 4.75 Å². The molecule has 0 radical (unpaired) electrons. The molecule has 2 nitrogen and oxygen atoms in total. The number of halogens is 5. The molecule has 0 aliphatic rings. The second kappa shape index (κ2) is 4.27. The third-order valence-electron chi connectivity index (χ3n) is 2.12. The highest BCUT2D eigenvalue weighted by molar-refractivity contribution is 8.45. The molecule has 0 spiro atoms. The summed E-state index contributed by atoms with van der Waals surface area (Å²) in [6.45, 7) is 4.89. The lowest BCUT2D eigenvalue weighted by molar-refractivity contribution is 0.364. The molecule has 1 rings (SSSR count). The standard InChI is InChI=1S/C11H14F5NOS2/c1-11(2,3)19(18)17-8-9-5-4-6-10(7-9)20(12,13,14,15)16/h4-8H,1-3H3/b17-8+/t19-/m1/s1. The van der Waals surface area contributed by atoms with Gasteiger partial charge in [-0.2, -0.15) is 4.40 Å². The molecule has 20 heavy (non-hydrogen) atoms. The molecule has 116 valence electrons. The molecule has 1 aromatic carbocycles. The van der Waals surface area contributed by atoms with Crippen LogP contribution in [-0.4, -0.2) is 15.2 Å². The Balaban J connectivity index is 3.15. The van der Waals surface area contributed by atoms with Crippen molar-refractivity contribution in [2.24, 2.45) is 4.40 Å². The minimum absolute atomic E-state index is 0.187. The van der Waals surface area contributed by atoms with Crippen LogP contribution in [0.25, 0.3) is 0 Å². The fourth-order valence-electron chi connectivity index (χ4n) is 1.10. The quantitative estimate of drug-likeness (QED) is 0.550. The lowest BCUT2D eigenvalue weighted by Gasteiger charge is -2.40. The van der Waals surface area contributed by atoms with Crippen molar-refractivity contribution in [2.45, 2.75) is 30.4 Å². The Hall–Kier alpha value is -0.960. The predicted octanol–water partition coefficient (Wildman–Crippen LogP) is 5.23. The van der Waals surface area contributed by atoms with Gasteiger partial charge in [0.15, 0.2) is 0 Å². The third-order valence-corrected chi connectivity index (χ3v) is 4.61. The largest absolute Gasteiger partial charge is 0.310 e. The van der Waals surface area contributed by atoms with E-state index in [-0.39, 0.29) is 5.56 Å². The Morgan fingerprint density at radius 3 is 2.15 bits per heavy atom. The third kappa shape index (κ3) is 4.86. The van der Waals surface area contributed by atoms with Crippen molar-refractivity contribution >= 4 is 27.4 Å². The SMILES string of the molecule is CC(C)(C)[S@@](=O)/N=C/c1cccc(S(F)(F)(F)(F)F)c1.